The molecule has 0 N–H and O–H groups in total. The molecule has 2 aliphatic heterocycles. The molecule has 154 valence electrons. The Morgan fingerprint density at radius 3 is 2.70 bits per heavy atom. The van der Waals surface area contributed by atoms with Crippen LogP contribution in [0.15, 0.2) is 33.5 Å². The number of hydrogen-bond donors (Lipinski definition) is 0. The molecule has 3 heterocycles. The number of rotatable bonds is 2. The van der Waals surface area contributed by atoms with Gasteiger partial charge in [-0.05, 0) is 55.0 Å². The molecular weight excluding hydrogens is 406 g/mol. The van der Waals surface area contributed by atoms with Crippen LogP contribution in [-0.2, 0) is 25.9 Å². The number of nitrogens with zero attached hydrogens (tertiary/aromatic N) is 1. The van der Waals surface area contributed by atoms with E-state index in [-0.39, 0.29) is 12.4 Å². The Balaban J connectivity index is 1.39. The molecule has 6 rings (SSSR count). The third-order valence-corrected chi connectivity index (χ3v) is 6.41. The Bertz CT molecular complexity index is 1230. The average Bonchev–Trinajstić information content (AvgIpc) is 3.23. The average molecular weight is 426 g/mol. The molecule has 0 radical (unpaired) electrons. The predicted molar refractivity (Wildman–Crippen MR) is 111 cm³/mol. The van der Waals surface area contributed by atoms with Crippen LogP contribution in [0, 0.1) is 0 Å². The van der Waals surface area contributed by atoms with Crippen molar-refractivity contribution in [3.8, 4) is 17.2 Å². The minimum Gasteiger partial charge on any atom is -0.476 e. The van der Waals surface area contributed by atoms with E-state index >= 15 is 0 Å². The molecule has 0 saturated heterocycles. The fraction of sp³-hybridized carbons (Fsp3) is 0.348. The number of aryl methyl sites for hydroxylation is 1. The van der Waals surface area contributed by atoms with Gasteiger partial charge in [0.2, 0.25) is 6.79 Å². The van der Waals surface area contributed by atoms with Gasteiger partial charge in [0.1, 0.15) is 18.1 Å². The quantitative estimate of drug-likeness (QED) is 0.567. The summed E-state index contributed by atoms with van der Waals surface area (Å²) in [7, 11) is 0. The fourth-order valence-corrected chi connectivity index (χ4v) is 4.99. The van der Waals surface area contributed by atoms with Crippen LogP contribution >= 0.6 is 11.6 Å². The van der Waals surface area contributed by atoms with Gasteiger partial charge in [-0.3, -0.25) is 4.90 Å². The highest BCUT2D eigenvalue weighted by molar-refractivity contribution is 6.33. The zero-order valence-corrected chi connectivity index (χ0v) is 17.1. The molecule has 30 heavy (non-hydrogen) atoms. The summed E-state index contributed by atoms with van der Waals surface area (Å²) in [4.78, 5) is 14.8. The van der Waals surface area contributed by atoms with E-state index in [0.717, 1.165) is 64.8 Å². The normalized spacial score (nSPS) is 17.5. The molecule has 7 heteroatoms. The molecule has 0 spiro atoms. The molecule has 3 aliphatic rings. The van der Waals surface area contributed by atoms with Crippen molar-refractivity contribution in [2.75, 3.05) is 13.5 Å². The highest BCUT2D eigenvalue weighted by atomic mass is 35.5. The van der Waals surface area contributed by atoms with Crippen molar-refractivity contribution < 1.29 is 18.6 Å². The topological polar surface area (TPSA) is 61.1 Å². The Morgan fingerprint density at radius 1 is 0.967 bits per heavy atom. The number of fused-ring (bicyclic) bond motifs is 6. The van der Waals surface area contributed by atoms with Crippen LogP contribution in [0.3, 0.4) is 0 Å². The summed E-state index contributed by atoms with van der Waals surface area (Å²) >= 11 is 6.58. The summed E-state index contributed by atoms with van der Waals surface area (Å²) in [5.41, 5.74) is 4.21. The van der Waals surface area contributed by atoms with E-state index in [1.54, 1.807) is 0 Å². The lowest BCUT2D eigenvalue weighted by atomic mass is 9.90. The summed E-state index contributed by atoms with van der Waals surface area (Å²) in [5.74, 6) is 2.14. The standard InChI is InChI=1S/C23H20ClNO5/c24-18-8-16-14-3-1-2-4-15(14)23(26)30-21(16)17-10-25(11-27-22(17)18)9-13-5-6-19-20(7-13)29-12-28-19/h5-8H,1-4,9-12H2. The third kappa shape index (κ3) is 2.86. The van der Waals surface area contributed by atoms with E-state index in [1.165, 1.54) is 0 Å². The second kappa shape index (κ2) is 6.93. The van der Waals surface area contributed by atoms with Crippen LogP contribution in [0.1, 0.15) is 35.1 Å². The SMILES string of the molecule is O=c1oc2c3c(c(Cl)cc2c2c1CCCC2)OCN(Cc1ccc2c(c1)OCO2)C3. The van der Waals surface area contributed by atoms with Crippen molar-refractivity contribution in [2.24, 2.45) is 0 Å². The van der Waals surface area contributed by atoms with Gasteiger partial charge in [-0.1, -0.05) is 17.7 Å². The smallest absolute Gasteiger partial charge is 0.339 e. The molecule has 0 unspecified atom stereocenters. The zero-order chi connectivity index (χ0) is 20.2. The molecule has 0 saturated carbocycles. The number of hydrogen-bond acceptors (Lipinski definition) is 6. The summed E-state index contributed by atoms with van der Waals surface area (Å²) in [6, 6.07) is 7.84. The number of benzene rings is 2. The first-order valence-electron chi connectivity index (χ1n) is 10.2. The van der Waals surface area contributed by atoms with E-state index in [1.807, 2.05) is 24.3 Å². The molecule has 0 fully saturated rings. The minimum absolute atomic E-state index is 0.227. The summed E-state index contributed by atoms with van der Waals surface area (Å²) in [6.45, 7) is 1.91. The maximum absolute atomic E-state index is 12.6. The predicted octanol–water partition coefficient (Wildman–Crippen LogP) is 4.41. The Kier molecular flexibility index (Phi) is 4.18. The molecular formula is C23H20ClNO5. The lowest BCUT2D eigenvalue weighted by Crippen LogP contribution is -2.32. The first kappa shape index (κ1) is 18.1. The van der Waals surface area contributed by atoms with Crippen molar-refractivity contribution in [1.82, 2.24) is 4.90 Å². The second-order valence-corrected chi connectivity index (χ2v) is 8.45. The lowest BCUT2D eigenvalue weighted by Gasteiger charge is -2.30. The summed E-state index contributed by atoms with van der Waals surface area (Å²) < 4.78 is 22.7. The maximum atomic E-state index is 12.6. The highest BCUT2D eigenvalue weighted by Crippen LogP contribution is 2.41. The molecule has 6 nitrogen and oxygen atoms in total. The molecule has 3 aromatic rings. The Hall–Kier alpha value is -2.70. The molecule has 0 bridgehead atoms. The number of halogens is 1. The first-order chi connectivity index (χ1) is 14.7. The number of ether oxygens (including phenoxy) is 3. The Morgan fingerprint density at radius 2 is 1.80 bits per heavy atom. The van der Waals surface area contributed by atoms with Gasteiger partial charge < -0.3 is 18.6 Å². The van der Waals surface area contributed by atoms with Gasteiger partial charge in [0, 0.05) is 24.0 Å². The zero-order valence-electron chi connectivity index (χ0n) is 16.3. The fourth-order valence-electron chi connectivity index (χ4n) is 4.71. The lowest BCUT2D eigenvalue weighted by molar-refractivity contribution is 0.0890. The van der Waals surface area contributed by atoms with Gasteiger partial charge in [-0.2, -0.15) is 0 Å². The third-order valence-electron chi connectivity index (χ3n) is 6.13. The van der Waals surface area contributed by atoms with Crippen molar-refractivity contribution in [3.05, 3.63) is 62.0 Å². The molecule has 0 amide bonds. The van der Waals surface area contributed by atoms with E-state index in [0.29, 0.717) is 36.2 Å². The molecule has 1 aliphatic carbocycles. The van der Waals surface area contributed by atoms with Crippen molar-refractivity contribution >= 4 is 22.6 Å². The molecule has 1 aromatic heterocycles. The maximum Gasteiger partial charge on any atom is 0.339 e. The van der Waals surface area contributed by atoms with E-state index < -0.39 is 0 Å². The van der Waals surface area contributed by atoms with Gasteiger partial charge in [0.05, 0.1) is 10.6 Å². The van der Waals surface area contributed by atoms with Crippen LogP contribution in [0.25, 0.3) is 11.0 Å². The monoisotopic (exact) mass is 425 g/mol. The first-order valence-corrected chi connectivity index (χ1v) is 10.6. The van der Waals surface area contributed by atoms with Crippen LogP contribution < -0.4 is 19.8 Å². The van der Waals surface area contributed by atoms with E-state index in [4.69, 9.17) is 30.2 Å². The van der Waals surface area contributed by atoms with Gasteiger partial charge in [-0.25, -0.2) is 4.79 Å². The second-order valence-electron chi connectivity index (χ2n) is 8.04. The van der Waals surface area contributed by atoms with Gasteiger partial charge in [0.15, 0.2) is 11.5 Å². The van der Waals surface area contributed by atoms with Crippen LogP contribution in [0.2, 0.25) is 5.02 Å². The van der Waals surface area contributed by atoms with E-state index in [2.05, 4.69) is 4.90 Å². The van der Waals surface area contributed by atoms with Gasteiger partial charge >= 0.3 is 5.63 Å². The Labute approximate surface area is 177 Å². The van der Waals surface area contributed by atoms with Crippen molar-refractivity contribution in [1.29, 1.82) is 0 Å². The van der Waals surface area contributed by atoms with E-state index in [9.17, 15) is 4.79 Å². The minimum atomic E-state index is -0.227. The van der Waals surface area contributed by atoms with Crippen molar-refractivity contribution in [2.45, 2.75) is 38.8 Å². The molecule has 0 atom stereocenters. The van der Waals surface area contributed by atoms with Gasteiger partial charge in [0.25, 0.3) is 0 Å². The largest absolute Gasteiger partial charge is 0.476 e. The highest BCUT2D eigenvalue weighted by Gasteiger charge is 2.28. The van der Waals surface area contributed by atoms with Crippen LogP contribution in [0.4, 0.5) is 0 Å². The summed E-state index contributed by atoms with van der Waals surface area (Å²) in [5, 5.41) is 1.52. The summed E-state index contributed by atoms with van der Waals surface area (Å²) in [6.07, 6.45) is 3.75. The van der Waals surface area contributed by atoms with Crippen LogP contribution in [-0.4, -0.2) is 18.4 Å². The molecule has 2 aromatic carbocycles. The van der Waals surface area contributed by atoms with Crippen molar-refractivity contribution in [3.63, 3.8) is 0 Å². The van der Waals surface area contributed by atoms with Gasteiger partial charge in [-0.15, -0.1) is 0 Å². The van der Waals surface area contributed by atoms with Crippen LogP contribution in [0.5, 0.6) is 17.2 Å².